The molecule has 1 aromatic heterocycles. The van der Waals surface area contributed by atoms with E-state index in [0.717, 1.165) is 4.90 Å². The molecule has 2 heterocycles. The molecule has 1 aromatic carbocycles. The topological polar surface area (TPSA) is 76.8 Å². The van der Waals surface area contributed by atoms with E-state index in [1.165, 1.54) is 18.2 Å². The van der Waals surface area contributed by atoms with Crippen LogP contribution in [0.3, 0.4) is 0 Å². The average molecular weight is 375 g/mol. The number of ether oxygens (including phenoxy) is 1. The molecule has 0 bridgehead atoms. The van der Waals surface area contributed by atoms with Gasteiger partial charge in [0, 0.05) is 11.6 Å². The van der Waals surface area contributed by atoms with Crippen molar-refractivity contribution in [3.8, 4) is 11.3 Å². The number of benzene rings is 1. The van der Waals surface area contributed by atoms with Crippen LogP contribution < -0.4 is 0 Å². The minimum atomic E-state index is -0.651. The van der Waals surface area contributed by atoms with E-state index >= 15 is 0 Å². The fraction of sp³-hybridized carbons (Fsp3) is 0.167. The molecular formula is C18H14FNO5S. The molecule has 2 aromatic rings. The number of rotatable bonds is 5. The molecule has 2 amide bonds. The fourth-order valence-corrected chi connectivity index (χ4v) is 3.15. The molecule has 1 fully saturated rings. The minimum Gasteiger partial charge on any atom is -0.465 e. The Balaban J connectivity index is 1.77. The van der Waals surface area contributed by atoms with E-state index in [1.54, 1.807) is 31.2 Å². The van der Waals surface area contributed by atoms with Gasteiger partial charge in [-0.1, -0.05) is 12.1 Å². The molecule has 1 saturated heterocycles. The average Bonchev–Trinajstić information content (AvgIpc) is 3.16. The van der Waals surface area contributed by atoms with Gasteiger partial charge in [-0.2, -0.15) is 0 Å². The third-order valence-corrected chi connectivity index (χ3v) is 4.38. The van der Waals surface area contributed by atoms with E-state index < -0.39 is 23.7 Å². The Hall–Kier alpha value is -2.87. The van der Waals surface area contributed by atoms with Crippen LogP contribution in [-0.4, -0.2) is 35.2 Å². The van der Waals surface area contributed by atoms with Gasteiger partial charge in [-0.25, -0.2) is 4.39 Å². The summed E-state index contributed by atoms with van der Waals surface area (Å²) in [4.78, 5) is 36.7. The van der Waals surface area contributed by atoms with Gasteiger partial charge in [0.25, 0.3) is 11.1 Å². The van der Waals surface area contributed by atoms with Crippen LogP contribution in [0.5, 0.6) is 0 Å². The molecule has 26 heavy (non-hydrogen) atoms. The largest absolute Gasteiger partial charge is 0.465 e. The predicted molar refractivity (Wildman–Crippen MR) is 93.4 cm³/mol. The fourth-order valence-electron chi connectivity index (χ4n) is 2.33. The summed E-state index contributed by atoms with van der Waals surface area (Å²) in [6, 6.07) is 9.16. The first-order chi connectivity index (χ1) is 12.5. The highest BCUT2D eigenvalue weighted by molar-refractivity contribution is 8.18. The lowest BCUT2D eigenvalue weighted by atomic mass is 10.2. The van der Waals surface area contributed by atoms with Gasteiger partial charge < -0.3 is 9.15 Å². The summed E-state index contributed by atoms with van der Waals surface area (Å²) in [5.74, 6) is -0.855. The molecule has 0 aliphatic carbocycles. The third-order valence-electron chi connectivity index (χ3n) is 3.48. The second-order valence-electron chi connectivity index (χ2n) is 5.29. The van der Waals surface area contributed by atoms with Gasteiger partial charge >= 0.3 is 5.97 Å². The monoisotopic (exact) mass is 375 g/mol. The Morgan fingerprint density at radius 2 is 2.12 bits per heavy atom. The van der Waals surface area contributed by atoms with Gasteiger partial charge in [0.05, 0.1) is 11.5 Å². The van der Waals surface area contributed by atoms with E-state index in [2.05, 4.69) is 0 Å². The maximum absolute atomic E-state index is 13.3. The van der Waals surface area contributed by atoms with Gasteiger partial charge in [-0.05, 0) is 43.0 Å². The molecule has 1 aliphatic rings. The quantitative estimate of drug-likeness (QED) is 0.586. The molecular weight excluding hydrogens is 361 g/mol. The molecule has 134 valence electrons. The molecule has 0 atom stereocenters. The number of carbonyl (C=O) groups excluding carboxylic acids is 3. The van der Waals surface area contributed by atoms with Crippen LogP contribution in [0.1, 0.15) is 12.7 Å². The minimum absolute atomic E-state index is 0.138. The maximum atomic E-state index is 13.3. The van der Waals surface area contributed by atoms with Crippen molar-refractivity contribution in [3.05, 3.63) is 52.9 Å². The van der Waals surface area contributed by atoms with Gasteiger partial charge in [0.1, 0.15) is 23.9 Å². The Morgan fingerprint density at radius 1 is 1.31 bits per heavy atom. The number of amides is 2. The Labute approximate surface area is 152 Å². The van der Waals surface area contributed by atoms with E-state index in [-0.39, 0.29) is 17.3 Å². The number of hydrogen-bond acceptors (Lipinski definition) is 6. The second kappa shape index (κ2) is 7.57. The highest BCUT2D eigenvalue weighted by atomic mass is 32.2. The Morgan fingerprint density at radius 3 is 2.85 bits per heavy atom. The molecule has 0 saturated carbocycles. The predicted octanol–water partition coefficient (Wildman–Crippen LogP) is 3.69. The van der Waals surface area contributed by atoms with Crippen molar-refractivity contribution in [2.45, 2.75) is 6.92 Å². The zero-order valence-electron chi connectivity index (χ0n) is 13.7. The summed E-state index contributed by atoms with van der Waals surface area (Å²) in [5.41, 5.74) is 0.556. The highest BCUT2D eigenvalue weighted by Gasteiger charge is 2.36. The molecule has 0 radical (unpaired) electrons. The molecule has 1 aliphatic heterocycles. The van der Waals surface area contributed by atoms with Crippen molar-refractivity contribution < 1.29 is 27.9 Å². The van der Waals surface area contributed by atoms with Crippen LogP contribution in [0.15, 0.2) is 45.7 Å². The molecule has 0 unspecified atom stereocenters. The lowest BCUT2D eigenvalue weighted by Gasteiger charge is -2.10. The molecule has 0 spiro atoms. The number of carbonyl (C=O) groups is 3. The summed E-state index contributed by atoms with van der Waals surface area (Å²) in [6.07, 6.45) is 1.42. The number of thioether (sulfide) groups is 1. The van der Waals surface area contributed by atoms with Crippen molar-refractivity contribution in [2.24, 2.45) is 0 Å². The molecule has 8 heteroatoms. The van der Waals surface area contributed by atoms with Crippen LogP contribution in [0.25, 0.3) is 17.4 Å². The van der Waals surface area contributed by atoms with Crippen molar-refractivity contribution in [2.75, 3.05) is 13.2 Å². The summed E-state index contributed by atoms with van der Waals surface area (Å²) in [6.45, 7) is 1.38. The van der Waals surface area contributed by atoms with E-state index in [0.29, 0.717) is 28.8 Å². The number of imide groups is 1. The van der Waals surface area contributed by atoms with Crippen LogP contribution in [0, 0.1) is 5.82 Å². The number of hydrogen-bond donors (Lipinski definition) is 0. The maximum Gasteiger partial charge on any atom is 0.326 e. The van der Waals surface area contributed by atoms with Crippen molar-refractivity contribution in [1.29, 1.82) is 0 Å². The van der Waals surface area contributed by atoms with Crippen molar-refractivity contribution in [1.82, 2.24) is 4.90 Å². The van der Waals surface area contributed by atoms with Crippen LogP contribution >= 0.6 is 11.8 Å². The Kier molecular flexibility index (Phi) is 5.22. The van der Waals surface area contributed by atoms with E-state index in [1.807, 2.05) is 0 Å². The van der Waals surface area contributed by atoms with Gasteiger partial charge in [-0.15, -0.1) is 0 Å². The smallest absolute Gasteiger partial charge is 0.326 e. The number of furan rings is 1. The SMILES string of the molecule is CCOC(=O)CN1C(=O)S/C(=C/c2ccc(-c3cccc(F)c3)o2)C1=O. The number of esters is 1. The van der Waals surface area contributed by atoms with Crippen molar-refractivity contribution >= 4 is 35.0 Å². The third kappa shape index (κ3) is 3.85. The van der Waals surface area contributed by atoms with Gasteiger partial charge in [-0.3, -0.25) is 19.3 Å². The highest BCUT2D eigenvalue weighted by Crippen LogP contribution is 2.33. The van der Waals surface area contributed by atoms with E-state index in [4.69, 9.17) is 9.15 Å². The van der Waals surface area contributed by atoms with Crippen LogP contribution in [0.2, 0.25) is 0 Å². The zero-order valence-corrected chi connectivity index (χ0v) is 14.5. The lowest BCUT2D eigenvalue weighted by Crippen LogP contribution is -2.34. The first-order valence-electron chi connectivity index (χ1n) is 7.74. The summed E-state index contributed by atoms with van der Waals surface area (Å²) in [7, 11) is 0. The van der Waals surface area contributed by atoms with E-state index in [9.17, 15) is 18.8 Å². The summed E-state index contributed by atoms with van der Waals surface area (Å²) < 4.78 is 23.6. The first-order valence-corrected chi connectivity index (χ1v) is 8.56. The number of nitrogens with zero attached hydrogens (tertiary/aromatic N) is 1. The van der Waals surface area contributed by atoms with Crippen molar-refractivity contribution in [3.63, 3.8) is 0 Å². The lowest BCUT2D eigenvalue weighted by molar-refractivity contribution is -0.145. The second-order valence-corrected chi connectivity index (χ2v) is 6.28. The van der Waals surface area contributed by atoms with Crippen LogP contribution in [0.4, 0.5) is 9.18 Å². The van der Waals surface area contributed by atoms with Crippen LogP contribution in [-0.2, 0) is 14.3 Å². The summed E-state index contributed by atoms with van der Waals surface area (Å²) >= 11 is 0.715. The molecule has 0 N–H and O–H groups in total. The molecule has 6 nitrogen and oxygen atoms in total. The summed E-state index contributed by atoms with van der Waals surface area (Å²) in [5, 5.41) is -0.550. The zero-order chi connectivity index (χ0) is 18.7. The standard InChI is InChI=1S/C18H14FNO5S/c1-2-24-16(21)10-20-17(22)15(26-18(20)23)9-13-6-7-14(25-13)11-4-3-5-12(19)8-11/h3-9H,2,10H2,1H3/b15-9+. The Bertz CT molecular complexity index is 904. The van der Waals surface area contributed by atoms with Gasteiger partial charge in [0.2, 0.25) is 0 Å². The number of halogens is 1. The van der Waals surface area contributed by atoms with Gasteiger partial charge in [0.15, 0.2) is 0 Å². The molecule has 3 rings (SSSR count). The normalized spacial score (nSPS) is 15.8. The first kappa shape index (κ1) is 17.9.